The number of carboxylic acids is 1. The van der Waals surface area contributed by atoms with Crippen molar-refractivity contribution in [1.29, 1.82) is 0 Å². The van der Waals surface area contributed by atoms with Gasteiger partial charge in [-0.2, -0.15) is 0 Å². The summed E-state index contributed by atoms with van der Waals surface area (Å²) in [5, 5.41) is 11.9. The van der Waals surface area contributed by atoms with Crippen molar-refractivity contribution in [3.05, 3.63) is 36.9 Å². The topological polar surface area (TPSA) is 67.2 Å². The van der Waals surface area contributed by atoms with Gasteiger partial charge in [0.25, 0.3) is 0 Å². The molecule has 0 bridgehead atoms. The molecule has 1 aromatic heterocycles. The van der Waals surface area contributed by atoms with Gasteiger partial charge in [-0.05, 0) is 12.1 Å². The summed E-state index contributed by atoms with van der Waals surface area (Å²) in [5.41, 5.74) is 1.79. The quantitative estimate of drug-likeness (QED) is 0.765. The van der Waals surface area contributed by atoms with E-state index in [-0.39, 0.29) is 6.42 Å². The third-order valence-corrected chi connectivity index (χ3v) is 2.61. The highest BCUT2D eigenvalue weighted by atomic mass is 16.4. The molecule has 2 rings (SSSR count). The van der Waals surface area contributed by atoms with Crippen molar-refractivity contribution in [3.8, 4) is 0 Å². The molecule has 5 nitrogen and oxygen atoms in total. The van der Waals surface area contributed by atoms with Gasteiger partial charge in [0.15, 0.2) is 0 Å². The summed E-state index contributed by atoms with van der Waals surface area (Å²) in [7, 11) is 0. The van der Waals surface area contributed by atoms with E-state index >= 15 is 0 Å². The normalized spacial score (nSPS) is 10.4. The summed E-state index contributed by atoms with van der Waals surface area (Å²) in [6, 6.07) is 7.67. The molecule has 2 aromatic rings. The lowest BCUT2D eigenvalue weighted by Gasteiger charge is -2.08. The highest BCUT2D eigenvalue weighted by molar-refractivity contribution is 5.79. The fraction of sp³-hybridized carbons (Fsp3) is 0.231. The van der Waals surface area contributed by atoms with Crippen molar-refractivity contribution in [2.24, 2.45) is 0 Å². The van der Waals surface area contributed by atoms with Crippen LogP contribution < -0.4 is 5.32 Å². The van der Waals surface area contributed by atoms with E-state index in [1.54, 1.807) is 6.08 Å². The number of aromatic nitrogens is 2. The summed E-state index contributed by atoms with van der Waals surface area (Å²) in [6.45, 7) is 4.63. The Balaban J connectivity index is 2.36. The molecule has 94 valence electrons. The van der Waals surface area contributed by atoms with E-state index in [4.69, 9.17) is 5.11 Å². The van der Waals surface area contributed by atoms with Crippen molar-refractivity contribution in [2.45, 2.75) is 13.0 Å². The molecule has 18 heavy (non-hydrogen) atoms. The number of aliphatic carboxylic acids is 1. The molecule has 0 spiro atoms. The Morgan fingerprint density at radius 1 is 1.50 bits per heavy atom. The molecule has 0 aliphatic rings. The summed E-state index contributed by atoms with van der Waals surface area (Å²) >= 11 is 0. The van der Waals surface area contributed by atoms with Crippen LogP contribution in [0.15, 0.2) is 36.9 Å². The molecule has 0 amide bonds. The standard InChI is InChI=1S/C13H15N3O2/c1-2-8-14-13-15-10-5-3-4-6-11(10)16(13)9-7-12(17)18/h2-6H,1,7-9H2,(H,14,15)(H,17,18). The Kier molecular flexibility index (Phi) is 3.62. The molecule has 0 saturated heterocycles. The van der Waals surface area contributed by atoms with Crippen LogP contribution in [0.4, 0.5) is 5.95 Å². The first kappa shape index (κ1) is 12.2. The molecular weight excluding hydrogens is 230 g/mol. The number of imidazole rings is 1. The van der Waals surface area contributed by atoms with Gasteiger partial charge in [0.05, 0.1) is 17.5 Å². The monoisotopic (exact) mass is 245 g/mol. The molecule has 0 aliphatic heterocycles. The van der Waals surface area contributed by atoms with Crippen molar-refractivity contribution < 1.29 is 9.90 Å². The molecule has 0 saturated carbocycles. The van der Waals surface area contributed by atoms with Crippen molar-refractivity contribution >= 4 is 23.0 Å². The average Bonchev–Trinajstić information content (AvgIpc) is 2.71. The third-order valence-electron chi connectivity index (χ3n) is 2.61. The van der Waals surface area contributed by atoms with Crippen molar-refractivity contribution in [3.63, 3.8) is 0 Å². The van der Waals surface area contributed by atoms with Crippen LogP contribution in [0.5, 0.6) is 0 Å². The van der Waals surface area contributed by atoms with Gasteiger partial charge in [-0.25, -0.2) is 4.98 Å². The van der Waals surface area contributed by atoms with Crippen LogP contribution in [0.3, 0.4) is 0 Å². The number of nitrogens with one attached hydrogen (secondary N) is 1. The second-order valence-corrected chi connectivity index (χ2v) is 3.89. The average molecular weight is 245 g/mol. The van der Waals surface area contributed by atoms with E-state index in [0.29, 0.717) is 19.0 Å². The zero-order chi connectivity index (χ0) is 13.0. The van der Waals surface area contributed by atoms with E-state index in [2.05, 4.69) is 16.9 Å². The van der Waals surface area contributed by atoms with E-state index in [1.807, 2.05) is 28.8 Å². The minimum Gasteiger partial charge on any atom is -0.481 e. The molecule has 1 aromatic carbocycles. The zero-order valence-electron chi connectivity index (χ0n) is 9.97. The van der Waals surface area contributed by atoms with Crippen LogP contribution in [-0.4, -0.2) is 27.2 Å². The molecular formula is C13H15N3O2. The van der Waals surface area contributed by atoms with Crippen LogP contribution in [0.25, 0.3) is 11.0 Å². The molecule has 0 aliphatic carbocycles. The third kappa shape index (κ3) is 2.51. The van der Waals surface area contributed by atoms with Crippen molar-refractivity contribution in [1.82, 2.24) is 9.55 Å². The fourth-order valence-electron chi connectivity index (χ4n) is 1.81. The number of aryl methyl sites for hydroxylation is 1. The van der Waals surface area contributed by atoms with Gasteiger partial charge in [-0.1, -0.05) is 18.2 Å². The highest BCUT2D eigenvalue weighted by Crippen LogP contribution is 2.19. The van der Waals surface area contributed by atoms with E-state index < -0.39 is 5.97 Å². The Morgan fingerprint density at radius 3 is 3.00 bits per heavy atom. The van der Waals surface area contributed by atoms with Gasteiger partial charge in [-0.15, -0.1) is 6.58 Å². The number of carboxylic acid groups (broad SMARTS) is 1. The summed E-state index contributed by atoms with van der Waals surface area (Å²) in [4.78, 5) is 15.1. The molecule has 0 radical (unpaired) electrons. The predicted molar refractivity (Wildman–Crippen MR) is 70.7 cm³/mol. The Morgan fingerprint density at radius 2 is 2.28 bits per heavy atom. The zero-order valence-corrected chi connectivity index (χ0v) is 9.97. The first-order chi connectivity index (χ1) is 8.72. The largest absolute Gasteiger partial charge is 0.481 e. The number of hydrogen-bond acceptors (Lipinski definition) is 3. The number of rotatable bonds is 6. The number of fused-ring (bicyclic) bond motifs is 1. The first-order valence-corrected chi connectivity index (χ1v) is 5.74. The Labute approximate surface area is 105 Å². The van der Waals surface area contributed by atoms with Crippen LogP contribution in [-0.2, 0) is 11.3 Å². The molecule has 0 unspecified atom stereocenters. The summed E-state index contributed by atoms with van der Waals surface area (Å²) < 4.78 is 1.88. The Bertz CT molecular complexity index is 575. The van der Waals surface area contributed by atoms with Gasteiger partial charge >= 0.3 is 5.97 Å². The van der Waals surface area contributed by atoms with Gasteiger partial charge in [0, 0.05) is 13.1 Å². The van der Waals surface area contributed by atoms with Gasteiger partial charge in [-0.3, -0.25) is 4.79 Å². The lowest BCUT2D eigenvalue weighted by atomic mass is 10.3. The second kappa shape index (κ2) is 5.35. The van der Waals surface area contributed by atoms with E-state index in [0.717, 1.165) is 11.0 Å². The number of nitrogens with zero attached hydrogens (tertiary/aromatic N) is 2. The first-order valence-electron chi connectivity index (χ1n) is 5.74. The summed E-state index contributed by atoms with van der Waals surface area (Å²) in [5.74, 6) is -0.139. The second-order valence-electron chi connectivity index (χ2n) is 3.89. The molecule has 2 N–H and O–H groups in total. The van der Waals surface area contributed by atoms with Crippen LogP contribution in [0.1, 0.15) is 6.42 Å². The number of benzene rings is 1. The highest BCUT2D eigenvalue weighted by Gasteiger charge is 2.10. The van der Waals surface area contributed by atoms with Gasteiger partial charge in [0.2, 0.25) is 5.95 Å². The molecule has 0 atom stereocenters. The van der Waals surface area contributed by atoms with Crippen molar-refractivity contribution in [2.75, 3.05) is 11.9 Å². The number of hydrogen-bond donors (Lipinski definition) is 2. The lowest BCUT2D eigenvalue weighted by molar-refractivity contribution is -0.137. The SMILES string of the molecule is C=CCNc1nc2ccccc2n1CCC(=O)O. The molecule has 1 heterocycles. The van der Waals surface area contributed by atoms with Gasteiger partial charge in [0.1, 0.15) is 0 Å². The number of carbonyl (C=O) groups is 1. The minimum absolute atomic E-state index is 0.0725. The molecule has 0 fully saturated rings. The number of anilines is 1. The maximum absolute atomic E-state index is 10.7. The fourth-order valence-corrected chi connectivity index (χ4v) is 1.81. The smallest absolute Gasteiger partial charge is 0.305 e. The summed E-state index contributed by atoms with van der Waals surface area (Å²) in [6.07, 6.45) is 1.81. The van der Waals surface area contributed by atoms with Crippen LogP contribution in [0, 0.1) is 0 Å². The van der Waals surface area contributed by atoms with Crippen LogP contribution >= 0.6 is 0 Å². The van der Waals surface area contributed by atoms with Crippen LogP contribution in [0.2, 0.25) is 0 Å². The minimum atomic E-state index is -0.817. The molecule has 5 heteroatoms. The van der Waals surface area contributed by atoms with Gasteiger partial charge < -0.3 is 15.0 Å². The lowest BCUT2D eigenvalue weighted by Crippen LogP contribution is -2.10. The van der Waals surface area contributed by atoms with E-state index in [1.165, 1.54) is 0 Å². The maximum atomic E-state index is 10.7. The predicted octanol–water partition coefficient (Wildman–Crippen LogP) is 2.11. The number of para-hydroxylation sites is 2. The maximum Gasteiger partial charge on any atom is 0.305 e. The Hall–Kier alpha value is -2.30. The van der Waals surface area contributed by atoms with E-state index in [9.17, 15) is 4.79 Å².